The molecule has 0 aromatic carbocycles. The third kappa shape index (κ3) is 7.19. The van der Waals surface area contributed by atoms with E-state index in [1.165, 1.54) is 25.0 Å². The Labute approximate surface area is 254 Å². The summed E-state index contributed by atoms with van der Waals surface area (Å²) in [6.45, 7) is 7.26. The molecule has 0 spiro atoms. The first kappa shape index (κ1) is 29.2. The number of anilines is 2. The van der Waals surface area contributed by atoms with E-state index in [1.807, 2.05) is 42.2 Å². The molecule has 0 bridgehead atoms. The number of likely N-dealkylation sites (tertiary alicyclic amines) is 1. The van der Waals surface area contributed by atoms with Crippen molar-refractivity contribution in [2.45, 2.75) is 51.5 Å². The molecule has 2 fully saturated rings. The maximum absolute atomic E-state index is 13.3. The summed E-state index contributed by atoms with van der Waals surface area (Å²) in [5.41, 5.74) is 4.45. The molecule has 10 heteroatoms. The van der Waals surface area contributed by atoms with Crippen LogP contribution in [-0.4, -0.2) is 86.8 Å². The second-order valence-corrected chi connectivity index (χ2v) is 12.0. The van der Waals surface area contributed by atoms with E-state index in [-0.39, 0.29) is 5.91 Å². The lowest BCUT2D eigenvalue weighted by atomic mass is 10.1. The smallest absolute Gasteiger partial charge is 0.257 e. The number of hydrogen-bond donors (Lipinski definition) is 1. The summed E-state index contributed by atoms with van der Waals surface area (Å²) < 4.78 is 1.96. The summed E-state index contributed by atoms with van der Waals surface area (Å²) in [5, 5.41) is 8.47. The third-order valence-electron chi connectivity index (χ3n) is 8.74. The van der Waals surface area contributed by atoms with E-state index >= 15 is 0 Å². The molecule has 4 aromatic heterocycles. The predicted octanol–water partition coefficient (Wildman–Crippen LogP) is 4.98. The number of aryl methyl sites for hydroxylation is 1. The highest BCUT2D eigenvalue weighted by Crippen LogP contribution is 2.27. The van der Waals surface area contributed by atoms with E-state index in [0.29, 0.717) is 11.4 Å². The van der Waals surface area contributed by atoms with Crippen LogP contribution in [0.2, 0.25) is 0 Å². The van der Waals surface area contributed by atoms with E-state index in [9.17, 15) is 4.79 Å². The van der Waals surface area contributed by atoms with Gasteiger partial charge in [0.05, 0.1) is 23.1 Å². The molecule has 1 amide bonds. The Kier molecular flexibility index (Phi) is 9.24. The lowest BCUT2D eigenvalue weighted by Gasteiger charge is -2.27. The molecule has 2 aliphatic heterocycles. The molecule has 2 aliphatic rings. The molecule has 4 aromatic rings. The van der Waals surface area contributed by atoms with Crippen LogP contribution in [0.25, 0.3) is 22.2 Å². The minimum absolute atomic E-state index is 0.203. The average molecular weight is 582 g/mol. The van der Waals surface area contributed by atoms with E-state index < -0.39 is 0 Å². The van der Waals surface area contributed by atoms with Crippen molar-refractivity contribution in [2.24, 2.45) is 7.05 Å². The zero-order chi connectivity index (χ0) is 29.6. The molecule has 226 valence electrons. The van der Waals surface area contributed by atoms with Gasteiger partial charge in [0.2, 0.25) is 0 Å². The number of amides is 1. The number of aromatic nitrogens is 5. The van der Waals surface area contributed by atoms with Crippen molar-refractivity contribution in [3.8, 4) is 11.3 Å². The Morgan fingerprint density at radius 1 is 0.837 bits per heavy atom. The minimum Gasteiger partial charge on any atom is -0.357 e. The number of piperidine rings is 1. The molecule has 2 saturated heterocycles. The van der Waals surface area contributed by atoms with Crippen LogP contribution in [0, 0.1) is 0 Å². The van der Waals surface area contributed by atoms with Gasteiger partial charge in [-0.1, -0.05) is 6.42 Å². The van der Waals surface area contributed by atoms with E-state index in [0.717, 1.165) is 99.5 Å². The van der Waals surface area contributed by atoms with Crippen LogP contribution >= 0.6 is 0 Å². The van der Waals surface area contributed by atoms with E-state index in [2.05, 4.69) is 42.1 Å². The first-order valence-electron chi connectivity index (χ1n) is 15.7. The van der Waals surface area contributed by atoms with Crippen molar-refractivity contribution in [1.82, 2.24) is 34.5 Å². The molecule has 0 radical (unpaired) electrons. The first-order chi connectivity index (χ1) is 21.0. The van der Waals surface area contributed by atoms with Crippen LogP contribution in [-0.2, 0) is 13.6 Å². The van der Waals surface area contributed by atoms with Gasteiger partial charge in [-0.25, -0.2) is 15.0 Å². The highest BCUT2D eigenvalue weighted by molar-refractivity contribution is 6.04. The van der Waals surface area contributed by atoms with Gasteiger partial charge in [-0.15, -0.1) is 0 Å². The standard InChI is InChI=1S/C33H43N9O/c1-39-14-6-8-18-42(19-9-7-15-39)32-20-25(12-13-34-32)33(43)38-31-21-29-26(22-35-31)10-11-28(37-29)27-23-36-40(2)30(27)24-41-16-4-3-5-17-41/h10-13,20-23H,3-9,14-19,24H2,1-2H3,(H,35,38,43). The van der Waals surface area contributed by atoms with Crippen LogP contribution in [0.15, 0.2) is 48.9 Å². The quantitative estimate of drug-likeness (QED) is 0.341. The highest BCUT2D eigenvalue weighted by Gasteiger charge is 2.18. The summed E-state index contributed by atoms with van der Waals surface area (Å²) in [6, 6.07) is 9.58. The molecule has 6 rings (SSSR count). The molecule has 0 aliphatic carbocycles. The third-order valence-corrected chi connectivity index (χ3v) is 8.74. The number of fused-ring (bicyclic) bond motifs is 1. The normalized spacial score (nSPS) is 17.7. The second-order valence-electron chi connectivity index (χ2n) is 12.0. The Morgan fingerprint density at radius 2 is 1.58 bits per heavy atom. The summed E-state index contributed by atoms with van der Waals surface area (Å²) >= 11 is 0. The number of carbonyl (C=O) groups excluding carboxylic acids is 1. The highest BCUT2D eigenvalue weighted by atomic mass is 16.1. The molecule has 0 atom stereocenters. The largest absolute Gasteiger partial charge is 0.357 e. The van der Waals surface area contributed by atoms with Gasteiger partial charge in [0.25, 0.3) is 5.91 Å². The van der Waals surface area contributed by atoms with Crippen molar-refractivity contribution < 1.29 is 4.79 Å². The SMILES string of the molecule is CN1CCCCN(c2cc(C(=O)Nc3cc4nc(-c5cnn(C)c5CN5CCCCC5)ccc4cn3)ccn2)CCCC1. The van der Waals surface area contributed by atoms with Crippen LogP contribution in [0.1, 0.15) is 61.0 Å². The monoisotopic (exact) mass is 581 g/mol. The summed E-state index contributed by atoms with van der Waals surface area (Å²) in [7, 11) is 4.21. The van der Waals surface area contributed by atoms with Crippen LogP contribution in [0.5, 0.6) is 0 Å². The number of hydrogen-bond acceptors (Lipinski definition) is 8. The Hall–Kier alpha value is -3.89. The number of carbonyl (C=O) groups is 1. The van der Waals surface area contributed by atoms with Crippen molar-refractivity contribution >= 4 is 28.4 Å². The van der Waals surface area contributed by atoms with Gasteiger partial charge < -0.3 is 15.1 Å². The van der Waals surface area contributed by atoms with Crippen molar-refractivity contribution in [3.05, 3.63) is 60.2 Å². The molecule has 0 saturated carbocycles. The molecule has 1 N–H and O–H groups in total. The molecular weight excluding hydrogens is 538 g/mol. The first-order valence-corrected chi connectivity index (χ1v) is 15.7. The summed E-state index contributed by atoms with van der Waals surface area (Å²) in [4.78, 5) is 34.7. The van der Waals surface area contributed by atoms with E-state index in [4.69, 9.17) is 4.98 Å². The maximum Gasteiger partial charge on any atom is 0.257 e. The fourth-order valence-corrected chi connectivity index (χ4v) is 6.17. The number of nitrogens with zero attached hydrogens (tertiary/aromatic N) is 8. The topological polar surface area (TPSA) is 95.3 Å². The Balaban J connectivity index is 1.17. The minimum atomic E-state index is -0.203. The van der Waals surface area contributed by atoms with Crippen LogP contribution in [0.4, 0.5) is 11.6 Å². The van der Waals surface area contributed by atoms with Crippen molar-refractivity contribution in [2.75, 3.05) is 56.5 Å². The van der Waals surface area contributed by atoms with Gasteiger partial charge >= 0.3 is 0 Å². The van der Waals surface area contributed by atoms with Crippen molar-refractivity contribution in [1.29, 1.82) is 0 Å². The zero-order valence-electron chi connectivity index (χ0n) is 25.5. The van der Waals surface area contributed by atoms with Gasteiger partial charge in [0.15, 0.2) is 0 Å². The van der Waals surface area contributed by atoms with Gasteiger partial charge in [0.1, 0.15) is 11.6 Å². The molecule has 43 heavy (non-hydrogen) atoms. The van der Waals surface area contributed by atoms with Crippen molar-refractivity contribution in [3.63, 3.8) is 0 Å². The van der Waals surface area contributed by atoms with Crippen LogP contribution in [0.3, 0.4) is 0 Å². The molecule has 0 unspecified atom stereocenters. The Bertz CT molecular complexity index is 1530. The summed E-state index contributed by atoms with van der Waals surface area (Å²) in [6.07, 6.45) is 13.8. The van der Waals surface area contributed by atoms with Gasteiger partial charge in [-0.3, -0.25) is 14.4 Å². The van der Waals surface area contributed by atoms with Gasteiger partial charge in [0, 0.05) is 61.7 Å². The molecule has 6 heterocycles. The van der Waals surface area contributed by atoms with Crippen LogP contribution < -0.4 is 10.2 Å². The fraction of sp³-hybridized carbons (Fsp3) is 0.485. The maximum atomic E-state index is 13.3. The zero-order valence-corrected chi connectivity index (χ0v) is 25.5. The van der Waals surface area contributed by atoms with E-state index in [1.54, 1.807) is 18.5 Å². The lowest BCUT2D eigenvalue weighted by Crippen LogP contribution is -2.30. The fourth-order valence-electron chi connectivity index (χ4n) is 6.17. The average Bonchev–Trinajstić information content (AvgIpc) is 3.40. The molecular formula is C33H43N9O. The number of nitrogens with one attached hydrogen (secondary N) is 1. The summed E-state index contributed by atoms with van der Waals surface area (Å²) in [5.74, 6) is 1.13. The van der Waals surface area contributed by atoms with Gasteiger partial charge in [-0.05, 0) is 96.0 Å². The number of rotatable bonds is 6. The molecule has 10 nitrogen and oxygen atoms in total. The number of pyridine rings is 3. The van der Waals surface area contributed by atoms with Gasteiger partial charge in [-0.2, -0.15) is 5.10 Å². The lowest BCUT2D eigenvalue weighted by molar-refractivity contribution is 0.102. The Morgan fingerprint density at radius 3 is 2.37 bits per heavy atom. The predicted molar refractivity (Wildman–Crippen MR) is 171 cm³/mol. The second kappa shape index (κ2) is 13.6.